The Kier molecular flexibility index (Phi) is 4.68. The quantitative estimate of drug-likeness (QED) is 0.713. The molecular weight excluding hydrogens is 332 g/mol. The third-order valence-electron chi connectivity index (χ3n) is 4.52. The van der Waals surface area contributed by atoms with Crippen LogP contribution >= 0.6 is 11.3 Å². The van der Waals surface area contributed by atoms with Crippen molar-refractivity contribution in [2.45, 2.75) is 6.54 Å². The maximum absolute atomic E-state index is 12.7. The first-order valence-corrected chi connectivity index (χ1v) is 9.35. The van der Waals surface area contributed by atoms with Gasteiger partial charge in [0.05, 0.1) is 11.1 Å². The largest absolute Gasteiger partial charge is 0.464 e. The van der Waals surface area contributed by atoms with Crippen molar-refractivity contribution in [3.63, 3.8) is 0 Å². The van der Waals surface area contributed by atoms with Gasteiger partial charge < -0.3 is 9.32 Å². The van der Waals surface area contributed by atoms with Crippen LogP contribution in [0.2, 0.25) is 0 Å². The fourth-order valence-corrected chi connectivity index (χ4v) is 3.99. The number of hydrogen-bond donors (Lipinski definition) is 0. The van der Waals surface area contributed by atoms with Crippen LogP contribution in [0.15, 0.2) is 64.6 Å². The zero-order chi connectivity index (χ0) is 17.1. The lowest BCUT2D eigenvalue weighted by atomic mass is 10.2. The summed E-state index contributed by atoms with van der Waals surface area (Å²) < 4.78 is 5.40. The first-order chi connectivity index (χ1) is 12.3. The molecule has 1 aromatic carbocycles. The van der Waals surface area contributed by atoms with Crippen LogP contribution in [0.25, 0.3) is 11.3 Å². The summed E-state index contributed by atoms with van der Waals surface area (Å²) in [5.41, 5.74) is 2.30. The first-order valence-electron chi connectivity index (χ1n) is 8.47. The van der Waals surface area contributed by atoms with Crippen LogP contribution < -0.4 is 0 Å². The molecule has 1 aliphatic heterocycles. The SMILES string of the molecule is O=C(c1cc(-c2ccco2)cs1)N1CCN(Cc2ccccc2)CC1. The van der Waals surface area contributed by atoms with Gasteiger partial charge in [0.25, 0.3) is 5.91 Å². The Morgan fingerprint density at radius 3 is 2.56 bits per heavy atom. The van der Waals surface area contributed by atoms with Crippen LogP contribution in [0.5, 0.6) is 0 Å². The van der Waals surface area contributed by atoms with E-state index in [2.05, 4.69) is 29.2 Å². The second-order valence-corrected chi connectivity index (χ2v) is 7.14. The van der Waals surface area contributed by atoms with Gasteiger partial charge in [0, 0.05) is 43.7 Å². The van der Waals surface area contributed by atoms with Gasteiger partial charge >= 0.3 is 0 Å². The molecule has 0 N–H and O–H groups in total. The van der Waals surface area contributed by atoms with Crippen molar-refractivity contribution >= 4 is 17.2 Å². The van der Waals surface area contributed by atoms with Crippen molar-refractivity contribution in [2.75, 3.05) is 26.2 Å². The third-order valence-corrected chi connectivity index (χ3v) is 5.44. The summed E-state index contributed by atoms with van der Waals surface area (Å²) in [5.74, 6) is 0.935. The van der Waals surface area contributed by atoms with Crippen molar-refractivity contribution in [1.82, 2.24) is 9.80 Å². The molecule has 3 heterocycles. The number of nitrogens with zero attached hydrogens (tertiary/aromatic N) is 2. The molecule has 1 saturated heterocycles. The van der Waals surface area contributed by atoms with E-state index in [0.29, 0.717) is 0 Å². The highest BCUT2D eigenvalue weighted by atomic mass is 32.1. The van der Waals surface area contributed by atoms with Crippen molar-refractivity contribution in [1.29, 1.82) is 0 Å². The average molecular weight is 352 g/mol. The van der Waals surface area contributed by atoms with Crippen molar-refractivity contribution < 1.29 is 9.21 Å². The summed E-state index contributed by atoms with van der Waals surface area (Å²) in [6.45, 7) is 4.33. The third kappa shape index (κ3) is 3.67. The number of rotatable bonds is 4. The maximum atomic E-state index is 12.7. The Balaban J connectivity index is 1.35. The second kappa shape index (κ2) is 7.25. The van der Waals surface area contributed by atoms with Gasteiger partial charge in [0.15, 0.2) is 0 Å². The van der Waals surface area contributed by atoms with E-state index in [9.17, 15) is 4.79 Å². The molecule has 4 nitrogen and oxygen atoms in total. The van der Waals surface area contributed by atoms with E-state index in [1.54, 1.807) is 6.26 Å². The smallest absolute Gasteiger partial charge is 0.264 e. The van der Waals surface area contributed by atoms with Crippen LogP contribution in [-0.2, 0) is 6.54 Å². The highest BCUT2D eigenvalue weighted by Gasteiger charge is 2.23. The van der Waals surface area contributed by atoms with Gasteiger partial charge in [0.2, 0.25) is 0 Å². The minimum absolute atomic E-state index is 0.127. The minimum atomic E-state index is 0.127. The van der Waals surface area contributed by atoms with E-state index in [-0.39, 0.29) is 5.91 Å². The number of furan rings is 1. The van der Waals surface area contributed by atoms with Gasteiger partial charge in [-0.2, -0.15) is 0 Å². The van der Waals surface area contributed by atoms with Gasteiger partial charge in [-0.05, 0) is 23.8 Å². The molecule has 1 aliphatic rings. The molecule has 0 atom stereocenters. The fourth-order valence-electron chi connectivity index (χ4n) is 3.13. The van der Waals surface area contributed by atoms with Crippen LogP contribution in [0.3, 0.4) is 0 Å². The van der Waals surface area contributed by atoms with E-state index < -0.39 is 0 Å². The Morgan fingerprint density at radius 2 is 1.84 bits per heavy atom. The van der Waals surface area contributed by atoms with Crippen molar-refractivity contribution in [2.24, 2.45) is 0 Å². The molecule has 1 fully saturated rings. The van der Waals surface area contributed by atoms with Crippen molar-refractivity contribution in [3.05, 3.63) is 70.6 Å². The summed E-state index contributed by atoms with van der Waals surface area (Å²) in [5, 5.41) is 1.98. The molecule has 3 aromatic rings. The molecule has 0 spiro atoms. The number of piperazine rings is 1. The number of benzene rings is 1. The Bertz CT molecular complexity index is 819. The molecule has 0 unspecified atom stereocenters. The minimum Gasteiger partial charge on any atom is -0.464 e. The van der Waals surface area contributed by atoms with Crippen molar-refractivity contribution in [3.8, 4) is 11.3 Å². The lowest BCUT2D eigenvalue weighted by molar-refractivity contribution is 0.0633. The molecule has 0 aliphatic carbocycles. The average Bonchev–Trinajstić information content (AvgIpc) is 3.34. The van der Waals surface area contributed by atoms with Gasteiger partial charge in [-0.1, -0.05) is 30.3 Å². The molecule has 2 aromatic heterocycles. The number of carbonyl (C=O) groups is 1. The summed E-state index contributed by atoms with van der Waals surface area (Å²) in [6.07, 6.45) is 1.65. The molecule has 4 rings (SSSR count). The van der Waals surface area contributed by atoms with E-state index in [4.69, 9.17) is 4.42 Å². The van der Waals surface area contributed by atoms with E-state index in [1.165, 1.54) is 16.9 Å². The molecule has 1 amide bonds. The molecule has 0 radical (unpaired) electrons. The van der Waals surface area contributed by atoms with E-state index in [0.717, 1.165) is 48.9 Å². The first kappa shape index (κ1) is 16.1. The summed E-state index contributed by atoms with van der Waals surface area (Å²) in [4.78, 5) is 17.9. The highest BCUT2D eigenvalue weighted by Crippen LogP contribution is 2.27. The Labute approximate surface area is 151 Å². The molecule has 0 saturated carbocycles. The van der Waals surface area contributed by atoms with Crippen LogP contribution in [0.1, 0.15) is 15.2 Å². The lowest BCUT2D eigenvalue weighted by Crippen LogP contribution is -2.48. The predicted molar refractivity (Wildman–Crippen MR) is 99.6 cm³/mol. The standard InChI is InChI=1S/C20H20N2O2S/c23-20(19-13-17(15-25-19)18-7-4-12-24-18)22-10-8-21(9-11-22)14-16-5-2-1-3-6-16/h1-7,12-13,15H,8-11,14H2. The van der Waals surface area contributed by atoms with Crippen LogP contribution in [0, 0.1) is 0 Å². The monoisotopic (exact) mass is 352 g/mol. The number of amides is 1. The Morgan fingerprint density at radius 1 is 1.04 bits per heavy atom. The summed E-state index contributed by atoms with van der Waals surface area (Å²) in [6, 6.07) is 16.2. The number of carbonyl (C=O) groups excluding carboxylic acids is 1. The number of hydrogen-bond acceptors (Lipinski definition) is 4. The summed E-state index contributed by atoms with van der Waals surface area (Å²) in [7, 11) is 0. The second-order valence-electron chi connectivity index (χ2n) is 6.23. The molecule has 25 heavy (non-hydrogen) atoms. The van der Waals surface area contributed by atoms with Gasteiger partial charge in [-0.25, -0.2) is 0 Å². The van der Waals surface area contributed by atoms with Gasteiger partial charge in [-0.15, -0.1) is 11.3 Å². The van der Waals surface area contributed by atoms with E-state index >= 15 is 0 Å². The fraction of sp³-hybridized carbons (Fsp3) is 0.250. The highest BCUT2D eigenvalue weighted by molar-refractivity contribution is 7.12. The maximum Gasteiger partial charge on any atom is 0.264 e. The van der Waals surface area contributed by atoms with Crippen LogP contribution in [-0.4, -0.2) is 41.9 Å². The van der Waals surface area contributed by atoms with E-state index in [1.807, 2.05) is 34.5 Å². The summed E-state index contributed by atoms with van der Waals surface area (Å²) >= 11 is 1.49. The lowest BCUT2D eigenvalue weighted by Gasteiger charge is -2.34. The Hall–Kier alpha value is -2.37. The predicted octanol–water partition coefficient (Wildman–Crippen LogP) is 3.97. The molecule has 5 heteroatoms. The zero-order valence-electron chi connectivity index (χ0n) is 13.9. The number of thiophene rings is 1. The molecular formula is C20H20N2O2S. The van der Waals surface area contributed by atoms with Gasteiger partial charge in [-0.3, -0.25) is 9.69 Å². The normalized spacial score (nSPS) is 15.4. The van der Waals surface area contributed by atoms with Crippen LogP contribution in [0.4, 0.5) is 0 Å². The molecule has 0 bridgehead atoms. The zero-order valence-corrected chi connectivity index (χ0v) is 14.7. The topological polar surface area (TPSA) is 36.7 Å². The molecule has 128 valence electrons. The van der Waals surface area contributed by atoms with Gasteiger partial charge in [0.1, 0.15) is 5.76 Å².